The van der Waals surface area contributed by atoms with E-state index in [1.807, 2.05) is 0 Å². The number of carbonyl (C=O) groups is 1. The summed E-state index contributed by atoms with van der Waals surface area (Å²) in [5, 5.41) is 8.40. The van der Waals surface area contributed by atoms with Crippen LogP contribution in [0.25, 0.3) is 0 Å². The van der Waals surface area contributed by atoms with Gasteiger partial charge in [0.25, 0.3) is 0 Å². The molecule has 0 aromatic heterocycles. The quantitative estimate of drug-likeness (QED) is 0.527. The molecular weight excluding hydrogens is 182 g/mol. The maximum atomic E-state index is 10.2. The number of nitrogens with two attached hydrogens (primary N) is 1. The van der Waals surface area contributed by atoms with Crippen LogP contribution >= 0.6 is 0 Å². The van der Waals surface area contributed by atoms with E-state index in [9.17, 15) is 4.79 Å². The van der Waals surface area contributed by atoms with Crippen LogP contribution in [0.4, 0.5) is 0 Å². The summed E-state index contributed by atoms with van der Waals surface area (Å²) in [6.07, 6.45) is 0.536. The number of hydrogen-bond acceptors (Lipinski definition) is 2. The van der Waals surface area contributed by atoms with E-state index in [-0.39, 0.29) is 12.5 Å². The number of aliphatic carboxylic acids is 1. The smallest absolute Gasteiger partial charge is 0.303 e. The Labute approximate surface area is 80.3 Å². The molecule has 3 N–H and O–H groups in total. The van der Waals surface area contributed by atoms with E-state index in [4.69, 9.17) is 10.8 Å². The molecule has 0 saturated carbocycles. The Balaban J connectivity index is 3.91. The van der Waals surface area contributed by atoms with E-state index in [0.29, 0.717) is 6.42 Å². The minimum atomic E-state index is -1.36. The normalized spacial score (nSPS) is 12.9. The van der Waals surface area contributed by atoms with Crippen molar-refractivity contribution in [3.8, 4) is 11.5 Å². The lowest BCUT2D eigenvalue weighted by molar-refractivity contribution is -0.137. The molecule has 0 spiro atoms. The molecule has 0 aromatic carbocycles. The minimum absolute atomic E-state index is 0.0988. The van der Waals surface area contributed by atoms with Gasteiger partial charge in [0.2, 0.25) is 0 Å². The van der Waals surface area contributed by atoms with Crippen LogP contribution in [0.15, 0.2) is 0 Å². The third-order valence-corrected chi connectivity index (χ3v) is 2.20. The molecule has 0 saturated heterocycles. The molecule has 0 aliphatic carbocycles. The average Bonchev–Trinajstić information content (AvgIpc) is 1.95. The third-order valence-electron chi connectivity index (χ3n) is 1.30. The van der Waals surface area contributed by atoms with E-state index >= 15 is 0 Å². The summed E-state index contributed by atoms with van der Waals surface area (Å²) in [5.41, 5.74) is 8.73. The van der Waals surface area contributed by atoms with E-state index in [0.717, 1.165) is 0 Å². The fourth-order valence-corrected chi connectivity index (χ4v) is 1.28. The highest BCUT2D eigenvalue weighted by atomic mass is 28.3. The van der Waals surface area contributed by atoms with E-state index in [1.165, 1.54) is 0 Å². The number of carboxylic acids is 1. The molecule has 0 unspecified atom stereocenters. The van der Waals surface area contributed by atoms with Crippen LogP contribution in [0.3, 0.4) is 0 Å². The van der Waals surface area contributed by atoms with Gasteiger partial charge in [0, 0.05) is 6.42 Å². The largest absolute Gasteiger partial charge is 0.481 e. The second-order valence-electron chi connectivity index (χ2n) is 4.06. The van der Waals surface area contributed by atoms with Crippen molar-refractivity contribution in [1.82, 2.24) is 0 Å². The molecule has 74 valence electrons. The summed E-state index contributed by atoms with van der Waals surface area (Å²) >= 11 is 0. The third kappa shape index (κ3) is 9.12. The summed E-state index contributed by atoms with van der Waals surface area (Å²) in [6.45, 7) is 6.39. The molecular formula is C9H17NO2Si. The molecule has 0 heterocycles. The topological polar surface area (TPSA) is 63.3 Å². The first-order valence-electron chi connectivity index (χ1n) is 4.31. The maximum absolute atomic E-state index is 10.2. The Morgan fingerprint density at radius 3 is 2.46 bits per heavy atom. The van der Waals surface area contributed by atoms with Crippen LogP contribution in [-0.2, 0) is 4.79 Å². The predicted molar refractivity (Wildman–Crippen MR) is 56.0 cm³/mol. The van der Waals surface area contributed by atoms with Gasteiger partial charge in [-0.05, 0) is 6.42 Å². The van der Waals surface area contributed by atoms with Crippen molar-refractivity contribution in [2.45, 2.75) is 38.5 Å². The van der Waals surface area contributed by atoms with E-state index in [2.05, 4.69) is 31.1 Å². The van der Waals surface area contributed by atoms with Gasteiger partial charge < -0.3 is 10.8 Å². The van der Waals surface area contributed by atoms with E-state index in [1.54, 1.807) is 0 Å². The molecule has 0 aliphatic rings. The summed E-state index contributed by atoms with van der Waals surface area (Å²) in [5.74, 6) is 2.09. The van der Waals surface area contributed by atoms with Crippen molar-refractivity contribution in [2.24, 2.45) is 5.73 Å². The monoisotopic (exact) mass is 199 g/mol. The molecule has 4 heteroatoms. The second kappa shape index (κ2) is 5.05. The fourth-order valence-electron chi connectivity index (χ4n) is 0.660. The van der Waals surface area contributed by atoms with Gasteiger partial charge in [0.1, 0.15) is 8.07 Å². The Kier molecular flexibility index (Phi) is 4.74. The minimum Gasteiger partial charge on any atom is -0.481 e. The fraction of sp³-hybridized carbons (Fsp3) is 0.667. The molecule has 0 rings (SSSR count). The van der Waals surface area contributed by atoms with Crippen LogP contribution in [-0.4, -0.2) is 25.2 Å². The Morgan fingerprint density at radius 2 is 2.08 bits per heavy atom. The zero-order chi connectivity index (χ0) is 10.5. The lowest BCUT2D eigenvalue weighted by Gasteiger charge is -2.06. The lowest BCUT2D eigenvalue weighted by Crippen LogP contribution is -2.22. The van der Waals surface area contributed by atoms with Crippen molar-refractivity contribution in [3.05, 3.63) is 0 Å². The molecule has 13 heavy (non-hydrogen) atoms. The van der Waals surface area contributed by atoms with Crippen molar-refractivity contribution in [3.63, 3.8) is 0 Å². The highest BCUT2D eigenvalue weighted by Crippen LogP contribution is 1.98. The highest BCUT2D eigenvalue weighted by Gasteiger charge is 2.08. The molecule has 0 aromatic rings. The van der Waals surface area contributed by atoms with Crippen molar-refractivity contribution >= 4 is 14.0 Å². The average molecular weight is 199 g/mol. The number of carboxylic acid groups (broad SMARTS) is 1. The summed E-state index contributed by atoms with van der Waals surface area (Å²) in [6, 6.07) is -0.289. The van der Waals surface area contributed by atoms with Crippen LogP contribution in [0, 0.1) is 11.5 Å². The SMILES string of the molecule is C[Si](C)(C)C#C[C@@H](N)CCC(=O)O. The van der Waals surface area contributed by atoms with E-state index < -0.39 is 14.0 Å². The molecule has 3 nitrogen and oxygen atoms in total. The standard InChI is InChI=1S/C9H17NO2Si/c1-13(2,3)7-6-8(10)4-5-9(11)12/h8H,4-5,10H2,1-3H3,(H,11,12)/t8-/m0/s1. The van der Waals surface area contributed by atoms with Gasteiger partial charge in [-0.1, -0.05) is 25.6 Å². The summed E-state index contributed by atoms with van der Waals surface area (Å²) in [4.78, 5) is 10.2. The van der Waals surface area contributed by atoms with Gasteiger partial charge in [-0.25, -0.2) is 0 Å². The molecule has 0 fully saturated rings. The number of rotatable bonds is 3. The summed E-state index contributed by atoms with van der Waals surface area (Å²) in [7, 11) is -1.36. The van der Waals surface area contributed by atoms with Crippen molar-refractivity contribution < 1.29 is 9.90 Å². The zero-order valence-electron chi connectivity index (χ0n) is 8.42. The summed E-state index contributed by atoms with van der Waals surface area (Å²) < 4.78 is 0. The van der Waals surface area contributed by atoms with Gasteiger partial charge in [0.05, 0.1) is 6.04 Å². The Bertz CT molecular complexity index is 234. The highest BCUT2D eigenvalue weighted by molar-refractivity contribution is 6.83. The van der Waals surface area contributed by atoms with Gasteiger partial charge in [-0.3, -0.25) is 4.79 Å². The first-order chi connectivity index (χ1) is 5.81. The Hall–Kier alpha value is -0.793. The van der Waals surface area contributed by atoms with Crippen molar-refractivity contribution in [2.75, 3.05) is 0 Å². The molecule has 0 bridgehead atoms. The molecule has 1 atom stereocenters. The van der Waals surface area contributed by atoms with Gasteiger partial charge in [-0.15, -0.1) is 5.54 Å². The van der Waals surface area contributed by atoms with Crippen molar-refractivity contribution in [1.29, 1.82) is 0 Å². The second-order valence-corrected chi connectivity index (χ2v) is 8.81. The lowest BCUT2D eigenvalue weighted by atomic mass is 10.2. The van der Waals surface area contributed by atoms with Crippen LogP contribution in [0.2, 0.25) is 19.6 Å². The molecule has 0 amide bonds. The van der Waals surface area contributed by atoms with Gasteiger partial charge in [-0.2, -0.15) is 0 Å². The van der Waals surface area contributed by atoms with Crippen LogP contribution in [0.1, 0.15) is 12.8 Å². The first-order valence-corrected chi connectivity index (χ1v) is 7.81. The number of hydrogen-bond donors (Lipinski definition) is 2. The maximum Gasteiger partial charge on any atom is 0.303 e. The van der Waals surface area contributed by atoms with Gasteiger partial charge in [0.15, 0.2) is 0 Å². The Morgan fingerprint density at radius 1 is 1.54 bits per heavy atom. The first kappa shape index (κ1) is 12.2. The van der Waals surface area contributed by atoms with Gasteiger partial charge >= 0.3 is 5.97 Å². The zero-order valence-corrected chi connectivity index (χ0v) is 9.42. The molecule has 0 radical (unpaired) electrons. The van der Waals surface area contributed by atoms with Crippen LogP contribution < -0.4 is 5.73 Å². The molecule has 0 aliphatic heterocycles. The predicted octanol–water partition coefficient (Wildman–Crippen LogP) is 1.06. The van der Waals surface area contributed by atoms with Crippen LogP contribution in [0.5, 0.6) is 0 Å².